The molecule has 2 rings (SSSR count). The van der Waals surface area contributed by atoms with Crippen LogP contribution >= 0.6 is 0 Å². The molecule has 1 fully saturated rings. The summed E-state index contributed by atoms with van der Waals surface area (Å²) < 4.78 is 20.6. The molecule has 1 saturated heterocycles. The van der Waals surface area contributed by atoms with Gasteiger partial charge in [-0.2, -0.15) is 5.26 Å². The van der Waals surface area contributed by atoms with Crippen molar-refractivity contribution in [2.45, 2.75) is 18.6 Å². The molecule has 1 aromatic carbocycles. The average Bonchev–Trinajstić information content (AvgIpc) is 3.22. The van der Waals surface area contributed by atoms with Gasteiger partial charge in [0.05, 0.1) is 20.8 Å². The Kier molecular flexibility index (Phi) is 3.81. The zero-order chi connectivity index (χ0) is 14.8. The summed E-state index contributed by atoms with van der Waals surface area (Å²) in [6.07, 6.45) is -0.711. The normalized spacial score (nSPS) is 23.6. The summed E-state index contributed by atoms with van der Waals surface area (Å²) >= 11 is 0. The van der Waals surface area contributed by atoms with Crippen molar-refractivity contribution in [2.24, 2.45) is 0 Å². The highest BCUT2D eigenvalue weighted by Crippen LogP contribution is 2.53. The van der Waals surface area contributed by atoms with Gasteiger partial charge in [0.1, 0.15) is 23.7 Å². The number of ether oxygens (including phenoxy) is 4. The topological polar surface area (TPSA) is 81.1 Å². The van der Waals surface area contributed by atoms with E-state index in [4.69, 9.17) is 18.9 Å². The van der Waals surface area contributed by atoms with E-state index in [2.05, 4.69) is 0 Å². The minimum Gasteiger partial charge on any atom is -0.497 e. The molecule has 106 valence electrons. The van der Waals surface area contributed by atoms with Crippen LogP contribution < -0.4 is 9.47 Å². The number of benzene rings is 1. The van der Waals surface area contributed by atoms with Crippen molar-refractivity contribution >= 4 is 5.97 Å². The zero-order valence-electron chi connectivity index (χ0n) is 11.5. The van der Waals surface area contributed by atoms with Crippen LogP contribution in [0.5, 0.6) is 11.5 Å². The number of carbonyl (C=O) groups excluding carboxylic acids is 1. The van der Waals surface area contributed by atoms with E-state index in [1.807, 2.05) is 6.07 Å². The molecule has 1 heterocycles. The van der Waals surface area contributed by atoms with Crippen LogP contribution in [0.2, 0.25) is 0 Å². The Bertz CT molecular complexity index is 565. The molecule has 0 bridgehead atoms. The van der Waals surface area contributed by atoms with Gasteiger partial charge < -0.3 is 18.9 Å². The lowest BCUT2D eigenvalue weighted by Gasteiger charge is -2.09. The van der Waals surface area contributed by atoms with Gasteiger partial charge in [0.15, 0.2) is 0 Å². The van der Waals surface area contributed by atoms with Crippen molar-refractivity contribution < 1.29 is 23.7 Å². The van der Waals surface area contributed by atoms with Crippen LogP contribution in [0.15, 0.2) is 18.2 Å². The summed E-state index contributed by atoms with van der Waals surface area (Å²) in [6.45, 7) is 1.86. The standard InChI is InChI=1S/C14H15NO5/c1-4-19-13(16)14(8-15)12(20-14)10-7-9(17-2)5-6-11(10)18-3/h5-7,12H,4H2,1-3H3. The lowest BCUT2D eigenvalue weighted by molar-refractivity contribution is -0.147. The van der Waals surface area contributed by atoms with Crippen molar-refractivity contribution in [1.29, 1.82) is 5.26 Å². The van der Waals surface area contributed by atoms with Gasteiger partial charge in [-0.25, -0.2) is 4.79 Å². The highest BCUT2D eigenvalue weighted by molar-refractivity contribution is 5.88. The molecule has 2 atom stereocenters. The minimum atomic E-state index is -1.59. The zero-order valence-corrected chi connectivity index (χ0v) is 11.5. The van der Waals surface area contributed by atoms with Gasteiger partial charge in [-0.1, -0.05) is 0 Å². The fourth-order valence-corrected chi connectivity index (χ4v) is 2.00. The third-order valence-electron chi connectivity index (χ3n) is 3.08. The van der Waals surface area contributed by atoms with E-state index in [-0.39, 0.29) is 6.61 Å². The van der Waals surface area contributed by atoms with E-state index in [0.717, 1.165) is 0 Å². The van der Waals surface area contributed by atoms with Gasteiger partial charge in [0, 0.05) is 5.56 Å². The Balaban J connectivity index is 2.34. The number of rotatable bonds is 5. The number of esters is 1. The summed E-state index contributed by atoms with van der Waals surface area (Å²) in [6, 6.07) is 6.99. The van der Waals surface area contributed by atoms with Gasteiger partial charge in [0.2, 0.25) is 0 Å². The summed E-state index contributed by atoms with van der Waals surface area (Å²) in [5.41, 5.74) is -1.00. The van der Waals surface area contributed by atoms with Crippen molar-refractivity contribution in [3.63, 3.8) is 0 Å². The summed E-state index contributed by atoms with van der Waals surface area (Å²) in [4.78, 5) is 11.9. The van der Waals surface area contributed by atoms with E-state index in [9.17, 15) is 10.1 Å². The molecule has 1 aliphatic heterocycles. The van der Waals surface area contributed by atoms with Crippen molar-refractivity contribution in [3.05, 3.63) is 23.8 Å². The number of hydrogen-bond acceptors (Lipinski definition) is 6. The molecular formula is C14H15NO5. The summed E-state index contributed by atoms with van der Waals surface area (Å²) in [7, 11) is 3.04. The summed E-state index contributed by atoms with van der Waals surface area (Å²) in [5, 5.41) is 9.23. The SMILES string of the molecule is CCOC(=O)C1(C#N)OC1c1cc(OC)ccc1OC. The quantitative estimate of drug-likeness (QED) is 0.600. The number of nitrogens with zero attached hydrogens (tertiary/aromatic N) is 1. The van der Waals surface area contributed by atoms with Gasteiger partial charge in [-0.05, 0) is 25.1 Å². The van der Waals surface area contributed by atoms with E-state index < -0.39 is 17.7 Å². The minimum absolute atomic E-state index is 0.188. The predicted octanol–water partition coefficient (Wildman–Crippen LogP) is 1.60. The maximum absolute atomic E-state index is 11.9. The van der Waals surface area contributed by atoms with Gasteiger partial charge >= 0.3 is 5.97 Å². The molecule has 20 heavy (non-hydrogen) atoms. The molecule has 6 nitrogen and oxygen atoms in total. The van der Waals surface area contributed by atoms with Crippen LogP contribution in [0.25, 0.3) is 0 Å². The average molecular weight is 277 g/mol. The number of epoxide rings is 1. The molecule has 1 aromatic rings. The van der Waals surface area contributed by atoms with Crippen LogP contribution in [0, 0.1) is 11.3 Å². The van der Waals surface area contributed by atoms with Crippen LogP contribution in [-0.2, 0) is 14.3 Å². The molecule has 1 aliphatic rings. The first-order valence-electron chi connectivity index (χ1n) is 6.11. The lowest BCUT2D eigenvalue weighted by Crippen LogP contribution is -2.26. The van der Waals surface area contributed by atoms with Gasteiger partial charge in [-0.15, -0.1) is 0 Å². The van der Waals surface area contributed by atoms with E-state index in [0.29, 0.717) is 17.1 Å². The maximum Gasteiger partial charge on any atom is 0.356 e. The monoisotopic (exact) mass is 277 g/mol. The fourth-order valence-electron chi connectivity index (χ4n) is 2.00. The molecule has 0 spiro atoms. The number of nitriles is 1. The first-order chi connectivity index (χ1) is 9.62. The molecule has 0 amide bonds. The molecule has 0 aliphatic carbocycles. The second kappa shape index (κ2) is 5.39. The van der Waals surface area contributed by atoms with E-state index in [1.165, 1.54) is 14.2 Å². The van der Waals surface area contributed by atoms with Crippen molar-refractivity contribution in [3.8, 4) is 17.6 Å². The van der Waals surface area contributed by atoms with Gasteiger partial charge in [-0.3, -0.25) is 0 Å². The van der Waals surface area contributed by atoms with E-state index >= 15 is 0 Å². The molecule has 0 N–H and O–H groups in total. The fraction of sp³-hybridized carbons (Fsp3) is 0.429. The van der Waals surface area contributed by atoms with Crippen LogP contribution in [0.4, 0.5) is 0 Å². The number of carbonyl (C=O) groups is 1. The maximum atomic E-state index is 11.9. The highest BCUT2D eigenvalue weighted by Gasteiger charge is 2.66. The second-order valence-corrected chi connectivity index (χ2v) is 4.17. The third-order valence-corrected chi connectivity index (χ3v) is 3.08. The molecule has 0 aromatic heterocycles. The Morgan fingerprint density at radius 3 is 2.75 bits per heavy atom. The largest absolute Gasteiger partial charge is 0.497 e. The predicted molar refractivity (Wildman–Crippen MR) is 68.3 cm³/mol. The second-order valence-electron chi connectivity index (χ2n) is 4.17. The smallest absolute Gasteiger partial charge is 0.356 e. The summed E-state index contributed by atoms with van der Waals surface area (Å²) in [5.74, 6) is 0.432. The molecule has 6 heteroatoms. The van der Waals surface area contributed by atoms with Crippen molar-refractivity contribution in [1.82, 2.24) is 0 Å². The Morgan fingerprint density at radius 1 is 1.45 bits per heavy atom. The Morgan fingerprint density at radius 2 is 2.20 bits per heavy atom. The molecule has 0 radical (unpaired) electrons. The van der Waals surface area contributed by atoms with E-state index in [1.54, 1.807) is 25.1 Å². The van der Waals surface area contributed by atoms with Crippen molar-refractivity contribution in [2.75, 3.05) is 20.8 Å². The first-order valence-corrected chi connectivity index (χ1v) is 6.11. The molecular weight excluding hydrogens is 262 g/mol. The highest BCUT2D eigenvalue weighted by atomic mass is 16.7. The third kappa shape index (κ3) is 2.17. The first kappa shape index (κ1) is 14.2. The van der Waals surface area contributed by atoms with Gasteiger partial charge in [0.25, 0.3) is 5.60 Å². The molecule has 2 unspecified atom stereocenters. The van der Waals surface area contributed by atoms with Crippen LogP contribution in [0.3, 0.4) is 0 Å². The number of methoxy groups -OCH3 is 2. The van der Waals surface area contributed by atoms with Crippen LogP contribution in [-0.4, -0.2) is 32.4 Å². The number of hydrogen-bond donors (Lipinski definition) is 0. The Labute approximate surface area is 116 Å². The van der Waals surface area contributed by atoms with Crippen LogP contribution in [0.1, 0.15) is 18.6 Å². The lowest BCUT2D eigenvalue weighted by atomic mass is 9.99. The molecule has 0 saturated carbocycles. The Hall–Kier alpha value is -2.26.